The largest absolute Gasteiger partial charge is 0.454 e. The van der Waals surface area contributed by atoms with E-state index >= 15 is 0 Å². The van der Waals surface area contributed by atoms with Crippen LogP contribution in [0.3, 0.4) is 0 Å². The molecular formula is C19H20N4O5. The number of carbonyl (C=O) groups excluding carboxylic acids is 2. The van der Waals surface area contributed by atoms with Crippen molar-refractivity contribution in [1.82, 2.24) is 15.2 Å². The van der Waals surface area contributed by atoms with Gasteiger partial charge in [0.1, 0.15) is 0 Å². The highest BCUT2D eigenvalue weighted by molar-refractivity contribution is 5.90. The lowest BCUT2D eigenvalue weighted by molar-refractivity contribution is -0.137. The Balaban J connectivity index is 1.31. The number of anilines is 1. The summed E-state index contributed by atoms with van der Waals surface area (Å²) in [4.78, 5) is 30.6. The fourth-order valence-corrected chi connectivity index (χ4v) is 2.96. The molecule has 0 spiro atoms. The van der Waals surface area contributed by atoms with Crippen molar-refractivity contribution in [2.75, 3.05) is 31.8 Å². The molecule has 3 heterocycles. The van der Waals surface area contributed by atoms with E-state index in [9.17, 15) is 9.59 Å². The molecular weight excluding hydrogens is 364 g/mol. The number of pyridine rings is 1. The van der Waals surface area contributed by atoms with E-state index in [1.807, 2.05) is 18.2 Å². The Kier molecular flexibility index (Phi) is 5.24. The molecule has 4 rings (SSSR count). The van der Waals surface area contributed by atoms with Crippen LogP contribution in [-0.4, -0.2) is 54.4 Å². The van der Waals surface area contributed by atoms with Crippen LogP contribution in [0.15, 0.2) is 42.6 Å². The van der Waals surface area contributed by atoms with E-state index in [0.29, 0.717) is 30.3 Å². The third kappa shape index (κ3) is 4.15. The molecule has 0 bridgehead atoms. The standard InChI is InChI=1S/C19H20N4O5/c24-18(21-10-14-3-1-2-6-20-14)17-11-23(7-8-26-17)19(25)22-13-4-5-15-16(9-13)28-12-27-15/h1-6,9,17H,7-8,10-12H2,(H,21,24)(H,22,25)/t17-/m0/s1. The molecule has 1 atom stereocenters. The predicted molar refractivity (Wildman–Crippen MR) is 99.0 cm³/mol. The Morgan fingerprint density at radius 2 is 2.07 bits per heavy atom. The molecule has 2 aliphatic rings. The molecule has 2 aromatic rings. The summed E-state index contributed by atoms with van der Waals surface area (Å²) in [6, 6.07) is 10.4. The molecule has 3 amide bonds. The maximum Gasteiger partial charge on any atom is 0.322 e. The first kappa shape index (κ1) is 18.1. The lowest BCUT2D eigenvalue weighted by atomic mass is 10.2. The third-order valence-corrected chi connectivity index (χ3v) is 4.44. The van der Waals surface area contributed by atoms with Crippen LogP contribution in [0, 0.1) is 0 Å². The second-order valence-electron chi connectivity index (χ2n) is 6.34. The number of nitrogens with one attached hydrogen (secondary N) is 2. The highest BCUT2D eigenvalue weighted by atomic mass is 16.7. The average molecular weight is 384 g/mol. The molecule has 1 saturated heterocycles. The van der Waals surface area contributed by atoms with Crippen LogP contribution >= 0.6 is 0 Å². The van der Waals surface area contributed by atoms with Crippen molar-refractivity contribution in [3.8, 4) is 11.5 Å². The minimum atomic E-state index is -0.722. The van der Waals surface area contributed by atoms with Gasteiger partial charge in [-0.15, -0.1) is 0 Å². The quantitative estimate of drug-likeness (QED) is 0.825. The van der Waals surface area contributed by atoms with E-state index in [0.717, 1.165) is 5.69 Å². The van der Waals surface area contributed by atoms with Crippen LogP contribution in [0.4, 0.5) is 10.5 Å². The Bertz CT molecular complexity index is 861. The van der Waals surface area contributed by atoms with Crippen LogP contribution < -0.4 is 20.1 Å². The molecule has 0 saturated carbocycles. The van der Waals surface area contributed by atoms with Gasteiger partial charge in [-0.1, -0.05) is 6.07 Å². The van der Waals surface area contributed by atoms with Gasteiger partial charge in [0.15, 0.2) is 17.6 Å². The van der Waals surface area contributed by atoms with Gasteiger partial charge in [-0.2, -0.15) is 0 Å². The number of aromatic nitrogens is 1. The van der Waals surface area contributed by atoms with Crippen molar-refractivity contribution in [3.63, 3.8) is 0 Å². The monoisotopic (exact) mass is 384 g/mol. The molecule has 0 aliphatic carbocycles. The first-order valence-corrected chi connectivity index (χ1v) is 8.94. The molecule has 1 aromatic carbocycles. The number of hydrogen-bond acceptors (Lipinski definition) is 6. The fraction of sp³-hybridized carbons (Fsp3) is 0.316. The van der Waals surface area contributed by atoms with Crippen molar-refractivity contribution in [2.45, 2.75) is 12.6 Å². The van der Waals surface area contributed by atoms with Gasteiger partial charge in [0.05, 0.1) is 25.4 Å². The second-order valence-corrected chi connectivity index (χ2v) is 6.34. The van der Waals surface area contributed by atoms with Crippen molar-refractivity contribution in [2.24, 2.45) is 0 Å². The van der Waals surface area contributed by atoms with Gasteiger partial charge in [-0.3, -0.25) is 9.78 Å². The van der Waals surface area contributed by atoms with Gasteiger partial charge < -0.3 is 29.7 Å². The zero-order valence-electron chi connectivity index (χ0n) is 15.1. The lowest BCUT2D eigenvalue weighted by Gasteiger charge is -2.32. The number of morpholine rings is 1. The first-order chi connectivity index (χ1) is 13.7. The number of fused-ring (bicyclic) bond motifs is 1. The van der Waals surface area contributed by atoms with Gasteiger partial charge in [0, 0.05) is 24.5 Å². The van der Waals surface area contributed by atoms with Crippen molar-refractivity contribution in [3.05, 3.63) is 48.3 Å². The molecule has 9 heteroatoms. The van der Waals surface area contributed by atoms with Crippen LogP contribution in [0.5, 0.6) is 11.5 Å². The van der Waals surface area contributed by atoms with Crippen molar-refractivity contribution >= 4 is 17.6 Å². The Hall–Kier alpha value is -3.33. The smallest absolute Gasteiger partial charge is 0.322 e. The van der Waals surface area contributed by atoms with Crippen LogP contribution in [-0.2, 0) is 16.1 Å². The topological polar surface area (TPSA) is 102 Å². The number of benzene rings is 1. The average Bonchev–Trinajstić information content (AvgIpc) is 3.21. The maximum absolute atomic E-state index is 12.6. The molecule has 2 N–H and O–H groups in total. The summed E-state index contributed by atoms with van der Waals surface area (Å²) in [5.41, 5.74) is 1.35. The van der Waals surface area contributed by atoms with E-state index in [4.69, 9.17) is 14.2 Å². The third-order valence-electron chi connectivity index (χ3n) is 4.44. The highest BCUT2D eigenvalue weighted by Gasteiger charge is 2.29. The number of ether oxygens (including phenoxy) is 3. The number of urea groups is 1. The summed E-state index contributed by atoms with van der Waals surface area (Å²) < 4.78 is 16.1. The van der Waals surface area contributed by atoms with E-state index in [-0.39, 0.29) is 31.9 Å². The number of amides is 3. The zero-order valence-corrected chi connectivity index (χ0v) is 15.1. The molecule has 1 fully saturated rings. The molecule has 1 aromatic heterocycles. The van der Waals surface area contributed by atoms with Crippen LogP contribution in [0.2, 0.25) is 0 Å². The SMILES string of the molecule is O=C(NCc1ccccn1)[C@@H]1CN(C(=O)Nc2ccc3c(c2)OCO3)CCO1. The van der Waals surface area contributed by atoms with Crippen molar-refractivity contribution < 1.29 is 23.8 Å². The predicted octanol–water partition coefficient (Wildman–Crippen LogP) is 1.36. The molecule has 0 radical (unpaired) electrons. The van der Waals surface area contributed by atoms with Gasteiger partial charge in [0.2, 0.25) is 6.79 Å². The Morgan fingerprint density at radius 1 is 1.18 bits per heavy atom. The number of hydrogen-bond donors (Lipinski definition) is 2. The van der Waals surface area contributed by atoms with Gasteiger partial charge in [-0.05, 0) is 24.3 Å². The fourth-order valence-electron chi connectivity index (χ4n) is 2.96. The number of nitrogens with zero attached hydrogens (tertiary/aromatic N) is 2. The molecule has 9 nitrogen and oxygen atoms in total. The second kappa shape index (κ2) is 8.13. The maximum atomic E-state index is 12.6. The van der Waals surface area contributed by atoms with E-state index in [2.05, 4.69) is 15.6 Å². The Morgan fingerprint density at radius 3 is 2.93 bits per heavy atom. The first-order valence-electron chi connectivity index (χ1n) is 8.94. The van der Waals surface area contributed by atoms with Gasteiger partial charge in [0.25, 0.3) is 5.91 Å². The van der Waals surface area contributed by atoms with Crippen molar-refractivity contribution in [1.29, 1.82) is 0 Å². The summed E-state index contributed by atoms with van der Waals surface area (Å²) in [5.74, 6) is 0.965. The molecule has 28 heavy (non-hydrogen) atoms. The summed E-state index contributed by atoms with van der Waals surface area (Å²) in [7, 11) is 0. The molecule has 0 unspecified atom stereocenters. The van der Waals surface area contributed by atoms with E-state index < -0.39 is 6.10 Å². The summed E-state index contributed by atoms with van der Waals surface area (Å²) in [6.45, 7) is 1.34. The van der Waals surface area contributed by atoms with Crippen LogP contribution in [0.25, 0.3) is 0 Å². The van der Waals surface area contributed by atoms with Gasteiger partial charge in [-0.25, -0.2) is 4.79 Å². The minimum absolute atomic E-state index is 0.171. The van der Waals surface area contributed by atoms with Crippen LogP contribution in [0.1, 0.15) is 5.69 Å². The number of rotatable bonds is 4. The minimum Gasteiger partial charge on any atom is -0.454 e. The summed E-state index contributed by atoms with van der Waals surface area (Å²) in [6.07, 6.45) is 0.945. The molecule has 2 aliphatic heterocycles. The normalized spacial score (nSPS) is 17.9. The zero-order chi connectivity index (χ0) is 19.3. The lowest BCUT2D eigenvalue weighted by Crippen LogP contribution is -2.52. The number of carbonyl (C=O) groups is 2. The molecule has 146 valence electrons. The Labute approximate surface area is 161 Å². The highest BCUT2D eigenvalue weighted by Crippen LogP contribution is 2.34. The van der Waals surface area contributed by atoms with E-state index in [1.54, 1.807) is 29.3 Å². The van der Waals surface area contributed by atoms with Gasteiger partial charge >= 0.3 is 6.03 Å². The van der Waals surface area contributed by atoms with E-state index in [1.165, 1.54) is 0 Å². The summed E-state index contributed by atoms with van der Waals surface area (Å²) >= 11 is 0. The summed E-state index contributed by atoms with van der Waals surface area (Å²) in [5, 5.41) is 5.60.